The first kappa shape index (κ1) is 12.6. The van der Waals surface area contributed by atoms with Crippen LogP contribution in [0.15, 0.2) is 11.6 Å². The predicted octanol–water partition coefficient (Wildman–Crippen LogP) is 1.14. The number of nitrogens with zero attached hydrogens (tertiary/aromatic N) is 2. The van der Waals surface area contributed by atoms with E-state index in [-0.39, 0.29) is 5.91 Å². The number of amides is 1. The highest BCUT2D eigenvalue weighted by Gasteiger charge is 2.22. The van der Waals surface area contributed by atoms with Crippen molar-refractivity contribution in [2.45, 2.75) is 32.6 Å². The molecule has 1 fully saturated rings. The Bertz CT molecular complexity index is 306. The lowest BCUT2D eigenvalue weighted by molar-refractivity contribution is -0.128. The fourth-order valence-corrected chi connectivity index (χ4v) is 2.84. The average Bonchev–Trinajstić information content (AvgIpc) is 2.55. The summed E-state index contributed by atoms with van der Waals surface area (Å²) in [5.74, 6) is 6.68. The normalized spacial score (nSPS) is 24.4. The summed E-state index contributed by atoms with van der Waals surface area (Å²) in [6.07, 6.45) is 6.76. The smallest absolute Gasteiger partial charge is 0.219 e. The van der Waals surface area contributed by atoms with Crippen LogP contribution in [0.5, 0.6) is 0 Å². The third-order valence-electron chi connectivity index (χ3n) is 3.98. The highest BCUT2D eigenvalue weighted by molar-refractivity contribution is 5.73. The van der Waals surface area contributed by atoms with Gasteiger partial charge in [0.15, 0.2) is 0 Å². The van der Waals surface area contributed by atoms with E-state index in [1.165, 1.54) is 12.8 Å². The van der Waals surface area contributed by atoms with Gasteiger partial charge in [-0.1, -0.05) is 11.6 Å². The van der Waals surface area contributed by atoms with E-state index in [9.17, 15) is 4.79 Å². The molecule has 0 saturated carbocycles. The number of hydrogen-bond donors (Lipinski definition) is 1. The van der Waals surface area contributed by atoms with Gasteiger partial charge in [0.1, 0.15) is 0 Å². The summed E-state index contributed by atoms with van der Waals surface area (Å²) >= 11 is 0. The topological polar surface area (TPSA) is 49.6 Å². The zero-order valence-corrected chi connectivity index (χ0v) is 10.7. The van der Waals surface area contributed by atoms with Crippen LogP contribution in [0.2, 0.25) is 0 Å². The molecule has 0 unspecified atom stereocenters. The molecule has 4 heteroatoms. The van der Waals surface area contributed by atoms with Crippen LogP contribution in [0.25, 0.3) is 0 Å². The summed E-state index contributed by atoms with van der Waals surface area (Å²) in [4.78, 5) is 13.3. The Hall–Kier alpha value is -0.870. The second-order valence-corrected chi connectivity index (χ2v) is 5.13. The highest BCUT2D eigenvalue weighted by Crippen LogP contribution is 2.27. The fourth-order valence-electron chi connectivity index (χ4n) is 2.84. The molecular weight excluding hydrogens is 214 g/mol. The minimum Gasteiger partial charge on any atom is -0.342 e. The Balaban J connectivity index is 1.89. The third kappa shape index (κ3) is 3.30. The Morgan fingerprint density at radius 1 is 1.29 bits per heavy atom. The van der Waals surface area contributed by atoms with E-state index in [0.29, 0.717) is 5.92 Å². The Labute approximate surface area is 103 Å². The maximum Gasteiger partial charge on any atom is 0.219 e. The van der Waals surface area contributed by atoms with Crippen LogP contribution >= 0.6 is 0 Å². The molecule has 17 heavy (non-hydrogen) atoms. The standard InChI is InChI=1S/C13H23N3O/c1-11(17)15-7-2-3-12(4-8-15)13-5-9-16(14)10-6-13/h3,13H,2,4-10,14H2,1H3. The van der Waals surface area contributed by atoms with Crippen molar-refractivity contribution >= 4 is 5.91 Å². The second kappa shape index (κ2) is 5.65. The van der Waals surface area contributed by atoms with Crippen LogP contribution in [0.3, 0.4) is 0 Å². The van der Waals surface area contributed by atoms with Gasteiger partial charge in [-0.2, -0.15) is 0 Å². The van der Waals surface area contributed by atoms with Gasteiger partial charge in [-0.3, -0.25) is 10.6 Å². The third-order valence-corrected chi connectivity index (χ3v) is 3.98. The molecule has 1 amide bonds. The maximum absolute atomic E-state index is 11.4. The van der Waals surface area contributed by atoms with Crippen molar-refractivity contribution in [1.82, 2.24) is 9.91 Å². The summed E-state index contributed by atoms with van der Waals surface area (Å²) < 4.78 is 0. The van der Waals surface area contributed by atoms with E-state index in [4.69, 9.17) is 5.84 Å². The van der Waals surface area contributed by atoms with Crippen molar-refractivity contribution in [2.75, 3.05) is 26.2 Å². The fraction of sp³-hybridized carbons (Fsp3) is 0.769. The molecule has 2 rings (SSSR count). The van der Waals surface area contributed by atoms with Gasteiger partial charge in [0.05, 0.1) is 0 Å². The van der Waals surface area contributed by atoms with Crippen LogP contribution in [0, 0.1) is 5.92 Å². The molecule has 0 aliphatic carbocycles. The molecule has 1 saturated heterocycles. The van der Waals surface area contributed by atoms with Crippen LogP contribution in [0.4, 0.5) is 0 Å². The molecule has 0 aromatic carbocycles. The molecule has 2 heterocycles. The van der Waals surface area contributed by atoms with Crippen molar-refractivity contribution < 1.29 is 4.79 Å². The molecule has 0 spiro atoms. The van der Waals surface area contributed by atoms with E-state index < -0.39 is 0 Å². The van der Waals surface area contributed by atoms with Crippen molar-refractivity contribution in [3.8, 4) is 0 Å². The number of nitrogens with two attached hydrogens (primary N) is 1. The van der Waals surface area contributed by atoms with Gasteiger partial charge in [-0.25, -0.2) is 5.01 Å². The largest absolute Gasteiger partial charge is 0.342 e. The molecule has 2 N–H and O–H groups in total. The molecule has 2 aliphatic rings. The van der Waals surface area contributed by atoms with E-state index in [1.54, 1.807) is 12.5 Å². The second-order valence-electron chi connectivity index (χ2n) is 5.13. The predicted molar refractivity (Wildman–Crippen MR) is 68.1 cm³/mol. The van der Waals surface area contributed by atoms with Gasteiger partial charge in [-0.15, -0.1) is 0 Å². The van der Waals surface area contributed by atoms with E-state index in [2.05, 4.69) is 6.08 Å². The number of piperidine rings is 1. The molecule has 96 valence electrons. The average molecular weight is 237 g/mol. The van der Waals surface area contributed by atoms with Gasteiger partial charge in [0, 0.05) is 33.1 Å². The zero-order valence-electron chi connectivity index (χ0n) is 10.7. The molecule has 0 radical (unpaired) electrons. The van der Waals surface area contributed by atoms with Crippen molar-refractivity contribution in [2.24, 2.45) is 11.8 Å². The minimum atomic E-state index is 0.205. The van der Waals surface area contributed by atoms with Gasteiger partial charge in [0.2, 0.25) is 5.91 Å². The zero-order chi connectivity index (χ0) is 12.3. The summed E-state index contributed by atoms with van der Waals surface area (Å²) in [5.41, 5.74) is 1.56. The van der Waals surface area contributed by atoms with E-state index in [0.717, 1.165) is 39.0 Å². The molecule has 0 aromatic heterocycles. The molecule has 0 atom stereocenters. The molecule has 2 aliphatic heterocycles. The SMILES string of the molecule is CC(=O)N1CCC=C(C2CCN(N)CC2)CC1. The number of rotatable bonds is 1. The minimum absolute atomic E-state index is 0.205. The van der Waals surface area contributed by atoms with E-state index >= 15 is 0 Å². The number of carbonyl (C=O) groups is 1. The summed E-state index contributed by atoms with van der Waals surface area (Å²) in [6, 6.07) is 0. The van der Waals surface area contributed by atoms with Crippen LogP contribution in [-0.2, 0) is 4.79 Å². The maximum atomic E-state index is 11.4. The summed E-state index contributed by atoms with van der Waals surface area (Å²) in [7, 11) is 0. The number of hydrazine groups is 1. The lowest BCUT2D eigenvalue weighted by atomic mass is 9.87. The van der Waals surface area contributed by atoms with E-state index in [1.807, 2.05) is 9.91 Å². The quantitative estimate of drug-likeness (QED) is 0.549. The van der Waals surface area contributed by atoms with Crippen molar-refractivity contribution in [3.63, 3.8) is 0 Å². The first-order valence-electron chi connectivity index (χ1n) is 6.61. The first-order valence-corrected chi connectivity index (χ1v) is 6.61. The number of carbonyl (C=O) groups excluding carboxylic acids is 1. The van der Waals surface area contributed by atoms with Gasteiger partial charge >= 0.3 is 0 Å². The van der Waals surface area contributed by atoms with Gasteiger partial charge < -0.3 is 4.90 Å². The first-order chi connectivity index (χ1) is 8.16. The highest BCUT2D eigenvalue weighted by atomic mass is 16.2. The van der Waals surface area contributed by atoms with Gasteiger partial charge in [-0.05, 0) is 31.6 Å². The lowest BCUT2D eigenvalue weighted by Crippen LogP contribution is -2.39. The summed E-state index contributed by atoms with van der Waals surface area (Å²) in [5, 5.41) is 1.91. The summed E-state index contributed by atoms with van der Waals surface area (Å²) in [6.45, 7) is 5.44. The molecule has 4 nitrogen and oxygen atoms in total. The van der Waals surface area contributed by atoms with Crippen LogP contribution < -0.4 is 5.84 Å². The Morgan fingerprint density at radius 3 is 2.65 bits per heavy atom. The van der Waals surface area contributed by atoms with Crippen molar-refractivity contribution in [1.29, 1.82) is 0 Å². The Kier molecular flexibility index (Phi) is 4.18. The van der Waals surface area contributed by atoms with Crippen molar-refractivity contribution in [3.05, 3.63) is 11.6 Å². The molecule has 0 aromatic rings. The number of hydrogen-bond acceptors (Lipinski definition) is 3. The Morgan fingerprint density at radius 2 is 2.00 bits per heavy atom. The molecule has 0 bridgehead atoms. The monoisotopic (exact) mass is 237 g/mol. The van der Waals surface area contributed by atoms with Crippen LogP contribution in [0.1, 0.15) is 32.6 Å². The van der Waals surface area contributed by atoms with Crippen LogP contribution in [-0.4, -0.2) is 42.0 Å². The molecular formula is C13H23N3O. The van der Waals surface area contributed by atoms with Gasteiger partial charge in [0.25, 0.3) is 0 Å². The lowest BCUT2D eigenvalue weighted by Gasteiger charge is -2.30.